The summed E-state index contributed by atoms with van der Waals surface area (Å²) in [5, 5.41) is 10.5. The Hall–Kier alpha value is -3.63. The zero-order valence-electron chi connectivity index (χ0n) is 19.2. The van der Waals surface area contributed by atoms with Gasteiger partial charge in [-0.3, -0.25) is 0 Å². The Bertz CT molecular complexity index is 1480. The van der Waals surface area contributed by atoms with E-state index in [4.69, 9.17) is 0 Å². The molecule has 0 radical (unpaired) electrons. The number of hydrogen-bond acceptors (Lipinski definition) is 8. The maximum Gasteiger partial charge on any atom is 0.271 e. The summed E-state index contributed by atoms with van der Waals surface area (Å²) in [6.45, 7) is 4.70. The summed E-state index contributed by atoms with van der Waals surface area (Å²) in [6, 6.07) is 15.3. The van der Waals surface area contributed by atoms with Crippen molar-refractivity contribution in [3.05, 3.63) is 66.5 Å². The zero-order valence-corrected chi connectivity index (χ0v) is 20.1. The minimum absolute atomic E-state index is 0.267. The van der Waals surface area contributed by atoms with Gasteiger partial charge in [-0.1, -0.05) is 12.1 Å². The smallest absolute Gasteiger partial charge is 0.271 e. The van der Waals surface area contributed by atoms with Gasteiger partial charge in [0, 0.05) is 61.9 Å². The minimum Gasteiger partial charge on any atom is -0.384 e. The summed E-state index contributed by atoms with van der Waals surface area (Å²) in [4.78, 5) is 11.6. The number of benzene rings is 2. The van der Waals surface area contributed by atoms with Crippen LogP contribution in [0.4, 0.5) is 23.0 Å². The normalized spacial score (nSPS) is 16.1. The molecule has 2 aromatic carbocycles. The summed E-state index contributed by atoms with van der Waals surface area (Å²) in [6.07, 6.45) is 5.04. The van der Waals surface area contributed by atoms with Gasteiger partial charge in [0.05, 0.1) is 5.69 Å². The van der Waals surface area contributed by atoms with Gasteiger partial charge in [0.2, 0.25) is 5.95 Å². The second-order valence-corrected chi connectivity index (χ2v) is 10.6. The topological polar surface area (TPSA) is 104 Å². The number of anilines is 4. The van der Waals surface area contributed by atoms with Crippen LogP contribution in [0.5, 0.6) is 0 Å². The molecule has 0 atom stereocenters. The van der Waals surface area contributed by atoms with Gasteiger partial charge in [0.15, 0.2) is 5.65 Å². The van der Waals surface area contributed by atoms with E-state index in [1.165, 1.54) is 9.66 Å². The lowest BCUT2D eigenvalue weighted by molar-refractivity contribution is 0.588. The highest BCUT2D eigenvalue weighted by Crippen LogP contribution is 2.32. The lowest BCUT2D eigenvalue weighted by atomic mass is 10.0. The standard InChI is InChI=1S/C25H27N7O2S/c33-35(34,22-5-1-3-18-4-2-11-27-23(18)22)32-14-10-19-17-28-25(30-24(19)32)29-20-6-8-21(9-7-20)31-15-12-26-13-16-31/h1,3,5-10,14,17,26-27H,2,4,11-13,15-16H2,(H,28,29,30). The summed E-state index contributed by atoms with van der Waals surface area (Å²) >= 11 is 0. The second-order valence-electron chi connectivity index (χ2n) is 8.82. The van der Waals surface area contributed by atoms with Gasteiger partial charge in [-0.05, 0) is 54.8 Å². The third-order valence-electron chi connectivity index (χ3n) is 6.57. The van der Waals surface area contributed by atoms with Gasteiger partial charge in [-0.25, -0.2) is 17.4 Å². The Balaban J connectivity index is 1.30. The van der Waals surface area contributed by atoms with E-state index in [1.807, 2.05) is 18.2 Å². The lowest BCUT2D eigenvalue weighted by Gasteiger charge is -2.29. The molecule has 0 unspecified atom stereocenters. The van der Waals surface area contributed by atoms with Gasteiger partial charge in [-0.2, -0.15) is 4.98 Å². The molecular formula is C25H27N7O2S. The molecule has 180 valence electrons. The molecule has 1 fully saturated rings. The fraction of sp³-hybridized carbons (Fsp3) is 0.280. The average Bonchev–Trinajstić information content (AvgIpc) is 3.33. The van der Waals surface area contributed by atoms with E-state index in [0.29, 0.717) is 22.7 Å². The fourth-order valence-electron chi connectivity index (χ4n) is 4.76. The molecule has 35 heavy (non-hydrogen) atoms. The second kappa shape index (κ2) is 8.86. The average molecular weight is 490 g/mol. The Labute approximate surface area is 204 Å². The molecule has 2 aliphatic rings. The third kappa shape index (κ3) is 4.08. The van der Waals surface area contributed by atoms with Gasteiger partial charge in [0.25, 0.3) is 10.0 Å². The number of rotatable bonds is 5. The molecule has 0 spiro atoms. The molecule has 2 aromatic heterocycles. The Morgan fingerprint density at radius 2 is 1.80 bits per heavy atom. The molecule has 4 heterocycles. The first-order valence-corrected chi connectivity index (χ1v) is 13.3. The number of piperazine rings is 1. The van der Waals surface area contributed by atoms with Crippen molar-refractivity contribution in [1.29, 1.82) is 0 Å². The van der Waals surface area contributed by atoms with Gasteiger partial charge in [0.1, 0.15) is 4.90 Å². The van der Waals surface area contributed by atoms with Crippen LogP contribution in [-0.2, 0) is 16.4 Å². The molecule has 6 rings (SSSR count). The highest BCUT2D eigenvalue weighted by Gasteiger charge is 2.26. The summed E-state index contributed by atoms with van der Waals surface area (Å²) in [7, 11) is -3.85. The Morgan fingerprint density at radius 3 is 2.63 bits per heavy atom. The molecule has 0 saturated carbocycles. The molecule has 0 bridgehead atoms. The van der Waals surface area contributed by atoms with E-state index in [0.717, 1.165) is 56.8 Å². The van der Waals surface area contributed by atoms with Crippen LogP contribution in [0.2, 0.25) is 0 Å². The highest BCUT2D eigenvalue weighted by atomic mass is 32.2. The predicted molar refractivity (Wildman–Crippen MR) is 138 cm³/mol. The van der Waals surface area contributed by atoms with Crippen LogP contribution >= 0.6 is 0 Å². The van der Waals surface area contributed by atoms with Crippen molar-refractivity contribution >= 4 is 44.1 Å². The molecular weight excluding hydrogens is 462 g/mol. The van der Waals surface area contributed by atoms with Crippen LogP contribution in [0, 0.1) is 0 Å². The first-order valence-electron chi connectivity index (χ1n) is 11.9. The molecule has 1 saturated heterocycles. The Kier molecular flexibility index (Phi) is 5.54. The summed E-state index contributed by atoms with van der Waals surface area (Å²) in [5.74, 6) is 0.343. The van der Waals surface area contributed by atoms with E-state index < -0.39 is 10.0 Å². The Morgan fingerprint density at radius 1 is 0.971 bits per heavy atom. The van der Waals surface area contributed by atoms with Crippen LogP contribution in [0.3, 0.4) is 0 Å². The number of nitrogens with zero attached hydrogens (tertiary/aromatic N) is 4. The third-order valence-corrected chi connectivity index (χ3v) is 8.28. The van der Waals surface area contributed by atoms with Crippen molar-refractivity contribution in [3.63, 3.8) is 0 Å². The van der Waals surface area contributed by atoms with Crippen molar-refractivity contribution in [2.45, 2.75) is 17.7 Å². The quantitative estimate of drug-likeness (QED) is 0.393. The number of para-hydroxylation sites is 1. The van der Waals surface area contributed by atoms with Crippen molar-refractivity contribution < 1.29 is 8.42 Å². The monoisotopic (exact) mass is 489 g/mol. The van der Waals surface area contributed by atoms with E-state index in [2.05, 4.69) is 43.0 Å². The molecule has 4 aromatic rings. The number of aryl methyl sites for hydroxylation is 1. The van der Waals surface area contributed by atoms with Crippen LogP contribution < -0.4 is 20.9 Å². The van der Waals surface area contributed by atoms with Crippen molar-refractivity contribution in [1.82, 2.24) is 19.3 Å². The first kappa shape index (κ1) is 21.9. The number of fused-ring (bicyclic) bond motifs is 2. The van der Waals surface area contributed by atoms with E-state index in [9.17, 15) is 8.42 Å². The van der Waals surface area contributed by atoms with E-state index in [-0.39, 0.29) is 4.90 Å². The maximum absolute atomic E-state index is 13.7. The maximum atomic E-state index is 13.7. The van der Waals surface area contributed by atoms with Crippen molar-refractivity contribution in [2.75, 3.05) is 48.3 Å². The van der Waals surface area contributed by atoms with Gasteiger partial charge in [-0.15, -0.1) is 0 Å². The SMILES string of the molecule is O=S(=O)(c1cccc2c1NCCC2)n1ccc2cnc(Nc3ccc(N4CCNCC4)cc3)nc21. The first-order chi connectivity index (χ1) is 17.1. The number of aromatic nitrogens is 3. The van der Waals surface area contributed by atoms with Crippen molar-refractivity contribution in [3.8, 4) is 0 Å². The highest BCUT2D eigenvalue weighted by molar-refractivity contribution is 7.90. The van der Waals surface area contributed by atoms with Crippen LogP contribution in [0.15, 0.2) is 65.8 Å². The summed E-state index contributed by atoms with van der Waals surface area (Å²) in [5.41, 5.74) is 4.07. The lowest BCUT2D eigenvalue weighted by Crippen LogP contribution is -2.43. The molecule has 0 amide bonds. The number of nitrogens with one attached hydrogen (secondary N) is 3. The van der Waals surface area contributed by atoms with Crippen LogP contribution in [0.1, 0.15) is 12.0 Å². The van der Waals surface area contributed by atoms with Gasteiger partial charge < -0.3 is 20.9 Å². The summed E-state index contributed by atoms with van der Waals surface area (Å²) < 4.78 is 28.6. The van der Waals surface area contributed by atoms with Crippen LogP contribution in [-0.4, -0.2) is 55.1 Å². The number of hydrogen-bond donors (Lipinski definition) is 3. The molecule has 9 nitrogen and oxygen atoms in total. The van der Waals surface area contributed by atoms with Crippen LogP contribution in [0.25, 0.3) is 11.0 Å². The van der Waals surface area contributed by atoms with E-state index >= 15 is 0 Å². The van der Waals surface area contributed by atoms with Crippen molar-refractivity contribution in [2.24, 2.45) is 0 Å². The fourth-order valence-corrected chi connectivity index (χ4v) is 6.27. The molecule has 2 aliphatic heterocycles. The molecule has 10 heteroatoms. The zero-order chi connectivity index (χ0) is 23.8. The van der Waals surface area contributed by atoms with Gasteiger partial charge >= 0.3 is 0 Å². The van der Waals surface area contributed by atoms with E-state index in [1.54, 1.807) is 30.6 Å². The largest absolute Gasteiger partial charge is 0.384 e. The molecule has 0 aliphatic carbocycles. The minimum atomic E-state index is -3.85. The molecule has 3 N–H and O–H groups in total. The predicted octanol–water partition coefficient (Wildman–Crippen LogP) is 3.18.